The number of aromatic nitrogens is 2. The highest BCUT2D eigenvalue weighted by Crippen LogP contribution is 2.20. The maximum atomic E-state index is 11.9. The molecule has 0 aliphatic heterocycles. The number of rotatable bonds is 2. The Hall–Kier alpha value is -0.600. The highest BCUT2D eigenvalue weighted by Gasteiger charge is 2.27. The molecule has 1 aromatic heterocycles. The first kappa shape index (κ1) is 12.5. The van der Waals surface area contributed by atoms with Crippen LogP contribution in [0.4, 0.5) is 13.2 Å². The summed E-state index contributed by atoms with van der Waals surface area (Å²) in [5, 5.41) is 0. The fourth-order valence-corrected chi connectivity index (χ4v) is 1.26. The Morgan fingerprint density at radius 1 is 1.47 bits per heavy atom. The third-order valence-electron chi connectivity index (χ3n) is 1.72. The van der Waals surface area contributed by atoms with E-state index in [1.54, 1.807) is 29.5 Å². The van der Waals surface area contributed by atoms with Crippen LogP contribution in [0.15, 0.2) is 4.79 Å². The maximum Gasteiger partial charge on any atom is 0.389 e. The van der Waals surface area contributed by atoms with Gasteiger partial charge in [-0.25, -0.2) is 4.98 Å². The van der Waals surface area contributed by atoms with Gasteiger partial charge in [0.25, 0.3) is 5.56 Å². The lowest BCUT2D eigenvalue weighted by Crippen LogP contribution is -2.18. The molecule has 0 saturated carbocycles. The van der Waals surface area contributed by atoms with Gasteiger partial charge in [-0.05, 0) is 29.5 Å². The van der Waals surface area contributed by atoms with E-state index >= 15 is 0 Å². The molecule has 1 N–H and O–H groups in total. The third-order valence-corrected chi connectivity index (χ3v) is 2.99. The van der Waals surface area contributed by atoms with Gasteiger partial charge in [0.15, 0.2) is 0 Å². The van der Waals surface area contributed by atoms with Crippen molar-refractivity contribution in [3.63, 3.8) is 0 Å². The molecule has 1 rings (SSSR count). The standard InChI is InChI=1S/C8H8F3IN2O/c1-4-6(12)7(15)14-5(13-4)2-3-8(9,10)11/h2-3H2,1H3,(H,13,14,15). The number of hydrogen-bond donors (Lipinski definition) is 1. The molecule has 3 nitrogen and oxygen atoms in total. The molecule has 0 spiro atoms. The van der Waals surface area contributed by atoms with Gasteiger partial charge in [-0.2, -0.15) is 13.2 Å². The summed E-state index contributed by atoms with van der Waals surface area (Å²) in [6.45, 7) is 1.59. The molecule has 1 aromatic rings. The summed E-state index contributed by atoms with van der Waals surface area (Å²) in [5.74, 6) is 0.0789. The van der Waals surface area contributed by atoms with Gasteiger partial charge in [-0.1, -0.05) is 0 Å². The zero-order valence-corrected chi connectivity index (χ0v) is 9.94. The smallest absolute Gasteiger partial charge is 0.310 e. The Morgan fingerprint density at radius 2 is 2.07 bits per heavy atom. The van der Waals surface area contributed by atoms with E-state index in [2.05, 4.69) is 9.97 Å². The Labute approximate surface area is 97.3 Å². The van der Waals surface area contributed by atoms with Crippen LogP contribution in [-0.4, -0.2) is 16.1 Å². The largest absolute Gasteiger partial charge is 0.389 e. The highest BCUT2D eigenvalue weighted by atomic mass is 127. The fourth-order valence-electron chi connectivity index (χ4n) is 1.01. The Kier molecular flexibility index (Phi) is 3.74. The Morgan fingerprint density at radius 3 is 2.53 bits per heavy atom. The van der Waals surface area contributed by atoms with Crippen LogP contribution in [0, 0.1) is 10.5 Å². The van der Waals surface area contributed by atoms with Crippen LogP contribution in [0.1, 0.15) is 17.9 Å². The minimum Gasteiger partial charge on any atom is -0.310 e. The highest BCUT2D eigenvalue weighted by molar-refractivity contribution is 14.1. The first-order valence-electron chi connectivity index (χ1n) is 4.11. The van der Waals surface area contributed by atoms with Crippen molar-refractivity contribution in [1.82, 2.24) is 9.97 Å². The second kappa shape index (κ2) is 4.50. The van der Waals surface area contributed by atoms with Crippen molar-refractivity contribution in [1.29, 1.82) is 0 Å². The lowest BCUT2D eigenvalue weighted by atomic mass is 10.3. The van der Waals surface area contributed by atoms with Gasteiger partial charge in [0.2, 0.25) is 0 Å². The van der Waals surface area contributed by atoms with Crippen molar-refractivity contribution < 1.29 is 13.2 Å². The van der Waals surface area contributed by atoms with E-state index < -0.39 is 12.6 Å². The van der Waals surface area contributed by atoms with Crippen molar-refractivity contribution in [3.05, 3.63) is 25.4 Å². The van der Waals surface area contributed by atoms with E-state index in [1.807, 2.05) is 0 Å². The van der Waals surface area contributed by atoms with E-state index in [-0.39, 0.29) is 17.8 Å². The van der Waals surface area contributed by atoms with E-state index in [4.69, 9.17) is 0 Å². The van der Waals surface area contributed by atoms with E-state index in [1.165, 1.54) is 0 Å². The predicted octanol–water partition coefficient (Wildman–Crippen LogP) is 2.18. The minimum atomic E-state index is -4.23. The number of hydrogen-bond acceptors (Lipinski definition) is 2. The molecule has 0 radical (unpaired) electrons. The molecule has 15 heavy (non-hydrogen) atoms. The van der Waals surface area contributed by atoms with Gasteiger partial charge in [-0.3, -0.25) is 4.79 Å². The monoisotopic (exact) mass is 332 g/mol. The van der Waals surface area contributed by atoms with Crippen molar-refractivity contribution in [2.24, 2.45) is 0 Å². The van der Waals surface area contributed by atoms with Crippen LogP contribution in [0.3, 0.4) is 0 Å². The molecule has 84 valence electrons. The van der Waals surface area contributed by atoms with Gasteiger partial charge in [0.05, 0.1) is 15.7 Å². The molecule has 0 aliphatic rings. The van der Waals surface area contributed by atoms with Crippen LogP contribution in [0.2, 0.25) is 0 Å². The average Bonchev–Trinajstić information content (AvgIpc) is 2.09. The molecule has 1 heterocycles. The summed E-state index contributed by atoms with van der Waals surface area (Å²) in [4.78, 5) is 17.4. The summed E-state index contributed by atoms with van der Waals surface area (Å²) >= 11 is 1.80. The lowest BCUT2D eigenvalue weighted by molar-refractivity contribution is -0.134. The molecule has 0 fully saturated rings. The van der Waals surface area contributed by atoms with E-state index in [9.17, 15) is 18.0 Å². The Bertz CT molecular complexity index is 413. The van der Waals surface area contributed by atoms with Gasteiger partial charge < -0.3 is 4.98 Å². The van der Waals surface area contributed by atoms with Crippen molar-refractivity contribution >= 4 is 22.6 Å². The minimum absolute atomic E-state index is 0.0789. The number of nitrogens with zero attached hydrogens (tertiary/aromatic N) is 1. The molecule has 0 saturated heterocycles. The summed E-state index contributed by atoms with van der Waals surface area (Å²) in [6, 6.07) is 0. The molecule has 7 heteroatoms. The molecule has 0 aromatic carbocycles. The van der Waals surface area contributed by atoms with Gasteiger partial charge >= 0.3 is 6.18 Å². The number of nitrogens with one attached hydrogen (secondary N) is 1. The summed E-state index contributed by atoms with van der Waals surface area (Å²) in [6.07, 6.45) is -5.50. The summed E-state index contributed by atoms with van der Waals surface area (Å²) in [5.41, 5.74) is 0.0665. The van der Waals surface area contributed by atoms with Crippen LogP contribution in [-0.2, 0) is 6.42 Å². The van der Waals surface area contributed by atoms with Crippen LogP contribution in [0.5, 0.6) is 0 Å². The normalized spacial score (nSPS) is 11.8. The van der Waals surface area contributed by atoms with Crippen LogP contribution >= 0.6 is 22.6 Å². The number of aryl methyl sites for hydroxylation is 2. The zero-order chi connectivity index (χ0) is 11.6. The number of H-pyrrole nitrogens is 1. The molecule has 0 amide bonds. The first-order valence-corrected chi connectivity index (χ1v) is 5.19. The van der Waals surface area contributed by atoms with Gasteiger partial charge in [0, 0.05) is 6.42 Å². The topological polar surface area (TPSA) is 45.8 Å². The van der Waals surface area contributed by atoms with E-state index in [0.29, 0.717) is 9.26 Å². The van der Waals surface area contributed by atoms with E-state index in [0.717, 1.165) is 0 Å². The molecule has 0 bridgehead atoms. The summed E-state index contributed by atoms with van der Waals surface area (Å²) in [7, 11) is 0. The molecular weight excluding hydrogens is 324 g/mol. The second-order valence-electron chi connectivity index (χ2n) is 3.03. The quantitative estimate of drug-likeness (QED) is 0.844. The summed E-state index contributed by atoms with van der Waals surface area (Å²) < 4.78 is 36.1. The predicted molar refractivity (Wildman–Crippen MR) is 56.7 cm³/mol. The van der Waals surface area contributed by atoms with Crippen LogP contribution in [0.25, 0.3) is 0 Å². The first-order chi connectivity index (χ1) is 6.79. The molecular formula is C8H8F3IN2O. The van der Waals surface area contributed by atoms with Crippen molar-refractivity contribution in [2.75, 3.05) is 0 Å². The van der Waals surface area contributed by atoms with Gasteiger partial charge in [-0.15, -0.1) is 0 Å². The third kappa shape index (κ3) is 3.80. The van der Waals surface area contributed by atoms with Crippen molar-refractivity contribution in [3.8, 4) is 0 Å². The SMILES string of the molecule is Cc1nc(CCC(F)(F)F)[nH]c(=O)c1I. The van der Waals surface area contributed by atoms with Crippen LogP contribution < -0.4 is 5.56 Å². The molecule has 0 atom stereocenters. The van der Waals surface area contributed by atoms with Gasteiger partial charge in [0.1, 0.15) is 5.82 Å². The zero-order valence-electron chi connectivity index (χ0n) is 7.78. The maximum absolute atomic E-state index is 11.9. The molecule has 0 unspecified atom stereocenters. The number of aromatic amines is 1. The fraction of sp³-hybridized carbons (Fsp3) is 0.500. The average molecular weight is 332 g/mol. The molecule has 0 aliphatic carbocycles. The second-order valence-corrected chi connectivity index (χ2v) is 4.11. The number of alkyl halides is 3. The number of halogens is 4. The van der Waals surface area contributed by atoms with Crippen molar-refractivity contribution in [2.45, 2.75) is 25.9 Å². The Balaban J connectivity index is 2.84. The lowest BCUT2D eigenvalue weighted by Gasteiger charge is -2.06.